The van der Waals surface area contributed by atoms with Crippen LogP contribution in [0.1, 0.15) is 380 Å². The molecular formula is C75H147NO13. The van der Waals surface area contributed by atoms with E-state index < -0.39 is 86.8 Å². The van der Waals surface area contributed by atoms with Crippen LogP contribution < -0.4 is 5.32 Å². The number of hydrogen-bond donors (Lipinski definition) is 9. The van der Waals surface area contributed by atoms with Gasteiger partial charge in [-0.3, -0.25) is 4.79 Å². The molecule has 2 aliphatic rings. The summed E-state index contributed by atoms with van der Waals surface area (Å²) in [6.45, 7) is 2.94. The lowest BCUT2D eigenvalue weighted by Crippen LogP contribution is -2.65. The molecule has 0 aromatic carbocycles. The number of carbonyl (C=O) groups excluding carboxylic acids is 1. The van der Waals surface area contributed by atoms with Gasteiger partial charge in [-0.05, 0) is 12.8 Å². The Morgan fingerprint density at radius 2 is 0.640 bits per heavy atom. The highest BCUT2D eigenvalue weighted by Gasteiger charge is 2.51. The summed E-state index contributed by atoms with van der Waals surface area (Å²) < 4.78 is 23.0. The molecule has 0 aliphatic carbocycles. The Kier molecular flexibility index (Phi) is 57.3. The van der Waals surface area contributed by atoms with Gasteiger partial charge in [-0.15, -0.1) is 0 Å². The molecule has 2 heterocycles. The normalized spacial score (nSPS) is 22.9. The van der Waals surface area contributed by atoms with Gasteiger partial charge in [-0.2, -0.15) is 0 Å². The summed E-state index contributed by atoms with van der Waals surface area (Å²) in [6.07, 6.45) is 57.1. The van der Waals surface area contributed by atoms with E-state index in [4.69, 9.17) is 18.9 Å². The van der Waals surface area contributed by atoms with Crippen molar-refractivity contribution in [3.63, 3.8) is 0 Å². The van der Waals surface area contributed by atoms with E-state index in [9.17, 15) is 45.6 Å². The summed E-state index contributed by atoms with van der Waals surface area (Å²) >= 11 is 0. The van der Waals surface area contributed by atoms with Gasteiger partial charge in [0.15, 0.2) is 12.6 Å². The van der Waals surface area contributed by atoms with Crippen molar-refractivity contribution in [2.75, 3.05) is 19.8 Å². The number of amides is 1. The van der Waals surface area contributed by atoms with Gasteiger partial charge in [-0.25, -0.2) is 0 Å². The fraction of sp³-hybridized carbons (Fsp3) is 0.987. The topological polar surface area (TPSA) is 228 Å². The zero-order chi connectivity index (χ0) is 64.5. The number of rotatable bonds is 66. The molecule has 0 radical (unpaired) electrons. The molecule has 0 aromatic heterocycles. The van der Waals surface area contributed by atoms with Gasteiger partial charge in [0.1, 0.15) is 48.8 Å². The maximum Gasteiger partial charge on any atom is 0.220 e. The number of aliphatic hydroxyl groups excluding tert-OH is 8. The molecule has 2 saturated heterocycles. The summed E-state index contributed by atoms with van der Waals surface area (Å²) in [4.78, 5) is 13.4. The minimum Gasteiger partial charge on any atom is -0.394 e. The largest absolute Gasteiger partial charge is 0.394 e. The predicted molar refractivity (Wildman–Crippen MR) is 365 cm³/mol. The van der Waals surface area contributed by atoms with E-state index in [1.54, 1.807) is 0 Å². The van der Waals surface area contributed by atoms with Gasteiger partial charge in [0.2, 0.25) is 5.91 Å². The van der Waals surface area contributed by atoms with Crippen LogP contribution in [0.4, 0.5) is 0 Å². The highest BCUT2D eigenvalue weighted by atomic mass is 16.7. The molecule has 14 heteroatoms. The van der Waals surface area contributed by atoms with Gasteiger partial charge in [0, 0.05) is 6.42 Å². The number of carbonyl (C=O) groups is 1. The van der Waals surface area contributed by atoms with E-state index in [1.807, 2.05) is 0 Å². The highest BCUT2D eigenvalue weighted by molar-refractivity contribution is 5.76. The van der Waals surface area contributed by atoms with Crippen molar-refractivity contribution in [3.8, 4) is 0 Å². The van der Waals surface area contributed by atoms with E-state index >= 15 is 0 Å². The highest BCUT2D eigenvalue weighted by Crippen LogP contribution is 2.30. The van der Waals surface area contributed by atoms with E-state index in [1.165, 1.54) is 302 Å². The smallest absolute Gasteiger partial charge is 0.220 e. The van der Waals surface area contributed by atoms with E-state index in [0.29, 0.717) is 12.8 Å². The van der Waals surface area contributed by atoms with Crippen molar-refractivity contribution in [2.45, 2.75) is 453 Å². The monoisotopic (exact) mass is 1270 g/mol. The third-order valence-corrected chi connectivity index (χ3v) is 19.6. The average molecular weight is 1270 g/mol. The summed E-state index contributed by atoms with van der Waals surface area (Å²) in [5, 5.41) is 87.8. The predicted octanol–water partition coefficient (Wildman–Crippen LogP) is 16.7. The molecule has 9 N–H and O–H groups in total. The van der Waals surface area contributed by atoms with Crippen LogP contribution in [0.15, 0.2) is 0 Å². The van der Waals surface area contributed by atoms with Crippen LogP contribution in [0, 0.1) is 0 Å². The van der Waals surface area contributed by atoms with Crippen LogP contribution in [-0.2, 0) is 23.7 Å². The molecule has 12 atom stereocenters. The molecule has 1 amide bonds. The van der Waals surface area contributed by atoms with E-state index in [2.05, 4.69) is 19.2 Å². The average Bonchev–Trinajstić information content (AvgIpc) is 3.35. The Labute approximate surface area is 546 Å². The second kappa shape index (κ2) is 60.6. The first-order valence-electron chi connectivity index (χ1n) is 38.8. The SMILES string of the molecule is CCCCCCCCCCCCCCCCCCCCCCCCCCCCCCCCCCC(O)C(COC1OC(CO)C(OC2OC(CO)C(O)C(O)C2O)C(O)C1O)NC(=O)CCCCCCCCCCCCCCCCCCCCCCCCC. The number of hydrogen-bond acceptors (Lipinski definition) is 13. The first-order valence-corrected chi connectivity index (χ1v) is 38.8. The third kappa shape index (κ3) is 44.4. The number of aliphatic hydroxyl groups is 8. The molecule has 2 rings (SSSR count). The Balaban J connectivity index is 1.61. The molecule has 12 unspecified atom stereocenters. The number of ether oxygens (including phenoxy) is 4. The summed E-state index contributed by atoms with van der Waals surface area (Å²) in [5.41, 5.74) is 0. The van der Waals surface area contributed by atoms with Crippen LogP contribution in [0.3, 0.4) is 0 Å². The Morgan fingerprint density at radius 3 is 0.955 bits per heavy atom. The van der Waals surface area contributed by atoms with Crippen molar-refractivity contribution < 1.29 is 64.6 Å². The zero-order valence-electron chi connectivity index (χ0n) is 58.0. The maximum atomic E-state index is 13.4. The molecule has 89 heavy (non-hydrogen) atoms. The lowest BCUT2D eigenvalue weighted by molar-refractivity contribution is -0.359. The van der Waals surface area contributed by atoms with Crippen LogP contribution in [0.2, 0.25) is 0 Å². The first-order chi connectivity index (χ1) is 43.6. The van der Waals surface area contributed by atoms with Crippen molar-refractivity contribution in [1.29, 1.82) is 0 Å². The minimum atomic E-state index is -1.78. The zero-order valence-corrected chi connectivity index (χ0v) is 58.0. The van der Waals surface area contributed by atoms with Crippen LogP contribution >= 0.6 is 0 Å². The molecule has 530 valence electrons. The minimum absolute atomic E-state index is 0.196. The number of unbranched alkanes of at least 4 members (excludes halogenated alkanes) is 53. The lowest BCUT2D eigenvalue weighted by atomic mass is 9.97. The van der Waals surface area contributed by atoms with E-state index in [-0.39, 0.29) is 12.5 Å². The second-order valence-electron chi connectivity index (χ2n) is 27.9. The van der Waals surface area contributed by atoms with E-state index in [0.717, 1.165) is 51.4 Å². The van der Waals surface area contributed by atoms with Crippen molar-refractivity contribution in [1.82, 2.24) is 5.32 Å². The molecule has 14 nitrogen and oxygen atoms in total. The number of nitrogens with one attached hydrogen (secondary N) is 1. The Hall–Kier alpha value is -1.01. The van der Waals surface area contributed by atoms with Gasteiger partial charge in [0.05, 0.1) is 32.0 Å². The standard InChI is InChI=1S/C75H147NO13/c1-3-5-7-9-11-13-15-17-19-21-23-25-27-28-29-30-31-32-33-34-35-37-38-40-42-44-46-48-50-52-54-56-58-64(79)63(62-86-74-72(85)70(83)73(66(61-78)88-74)89-75-71(84)69(82)68(81)65(60-77)87-75)76-67(80)59-57-55-53-51-49-47-45-43-41-39-36-26-24-22-20-18-16-14-12-10-8-6-4-2/h63-66,68-75,77-79,81-85H,3-62H2,1-2H3,(H,76,80). The lowest BCUT2D eigenvalue weighted by Gasteiger charge is -2.46. The van der Waals surface area contributed by atoms with Gasteiger partial charge >= 0.3 is 0 Å². The van der Waals surface area contributed by atoms with Gasteiger partial charge < -0.3 is 65.1 Å². The quantitative estimate of drug-likeness (QED) is 0.0259. The summed E-state index contributed by atoms with van der Waals surface area (Å²) in [6, 6.07) is -0.825. The van der Waals surface area contributed by atoms with Gasteiger partial charge in [-0.1, -0.05) is 361 Å². The Morgan fingerprint density at radius 1 is 0.360 bits per heavy atom. The summed E-state index contributed by atoms with van der Waals surface area (Å²) in [5.74, 6) is -0.196. The maximum absolute atomic E-state index is 13.4. The molecular weight excluding hydrogens is 1120 g/mol. The summed E-state index contributed by atoms with van der Waals surface area (Å²) in [7, 11) is 0. The molecule has 0 spiro atoms. The molecule has 2 aliphatic heterocycles. The Bertz CT molecular complexity index is 1500. The van der Waals surface area contributed by atoms with Crippen molar-refractivity contribution in [3.05, 3.63) is 0 Å². The van der Waals surface area contributed by atoms with Crippen molar-refractivity contribution in [2.24, 2.45) is 0 Å². The molecule has 0 saturated carbocycles. The second-order valence-corrected chi connectivity index (χ2v) is 27.9. The van der Waals surface area contributed by atoms with Gasteiger partial charge in [0.25, 0.3) is 0 Å². The first kappa shape index (κ1) is 84.1. The van der Waals surface area contributed by atoms with Crippen LogP contribution in [0.25, 0.3) is 0 Å². The van der Waals surface area contributed by atoms with Crippen LogP contribution in [-0.4, -0.2) is 140 Å². The molecule has 2 fully saturated rings. The third-order valence-electron chi connectivity index (χ3n) is 19.6. The fourth-order valence-electron chi connectivity index (χ4n) is 13.4. The molecule has 0 bridgehead atoms. The molecule has 0 aromatic rings. The van der Waals surface area contributed by atoms with Crippen LogP contribution in [0.5, 0.6) is 0 Å². The van der Waals surface area contributed by atoms with Crippen molar-refractivity contribution >= 4 is 5.91 Å². The fourth-order valence-corrected chi connectivity index (χ4v) is 13.4.